The molecule has 0 unspecified atom stereocenters. The molecule has 3 heteroatoms. The van der Waals surface area contributed by atoms with Gasteiger partial charge in [0.2, 0.25) is 0 Å². The van der Waals surface area contributed by atoms with Crippen molar-refractivity contribution >= 4 is 65.4 Å². The van der Waals surface area contributed by atoms with Crippen LogP contribution < -0.4 is 0 Å². The molecule has 0 spiro atoms. The predicted octanol–water partition coefficient (Wildman–Crippen LogP) is 16.0. The van der Waals surface area contributed by atoms with Gasteiger partial charge in [-0.3, -0.25) is 0 Å². The fourth-order valence-corrected chi connectivity index (χ4v) is 11.0. The summed E-state index contributed by atoms with van der Waals surface area (Å²) in [6.07, 6.45) is 0. The highest BCUT2D eigenvalue weighted by Crippen LogP contribution is 2.50. The Morgan fingerprint density at radius 3 is 0.952 bits per heavy atom. The molecule has 3 aromatic heterocycles. The number of fused-ring (bicyclic) bond motifs is 17. The van der Waals surface area contributed by atoms with Crippen LogP contribution in [0, 0.1) is 0 Å². The standard InChI is InChI=1S/C60H37N3/c1-2-17-41-40(16-1)42-18-3-4-19-44(42)50-26-15-31-59(60(50)49-25-6-5-20-43(41)49)63-57-34-32-38(61-53-27-11-7-21-45(53)46-22-8-12-28-54(46)61)36-51(57)52-37-39(33-35-58(52)63)62-55-29-13-9-23-47(55)48-24-10-14-30-56(48)62/h1-37H. The first-order valence-corrected chi connectivity index (χ1v) is 21.8. The molecule has 0 atom stereocenters. The summed E-state index contributed by atoms with van der Waals surface area (Å²) in [4.78, 5) is 0. The Morgan fingerprint density at radius 1 is 0.206 bits per heavy atom. The Labute approximate surface area is 363 Å². The van der Waals surface area contributed by atoms with Crippen LogP contribution in [0.2, 0.25) is 0 Å². The number of benzene rings is 10. The molecule has 10 aromatic carbocycles. The van der Waals surface area contributed by atoms with E-state index in [1.54, 1.807) is 0 Å². The van der Waals surface area contributed by atoms with E-state index in [9.17, 15) is 0 Å². The van der Waals surface area contributed by atoms with Crippen LogP contribution in [-0.2, 0) is 0 Å². The van der Waals surface area contributed by atoms with Gasteiger partial charge in [-0.15, -0.1) is 0 Å². The lowest BCUT2D eigenvalue weighted by molar-refractivity contribution is 1.16. The molecule has 3 heterocycles. The van der Waals surface area contributed by atoms with Gasteiger partial charge < -0.3 is 13.7 Å². The Hall–Kier alpha value is -8.40. The van der Waals surface area contributed by atoms with E-state index in [1.165, 1.54) is 98.9 Å². The van der Waals surface area contributed by atoms with Gasteiger partial charge in [0, 0.05) is 49.3 Å². The number of nitrogens with zero attached hydrogens (tertiary/aromatic N) is 3. The highest BCUT2D eigenvalue weighted by Gasteiger charge is 2.26. The van der Waals surface area contributed by atoms with Gasteiger partial charge in [0.25, 0.3) is 0 Å². The molecule has 63 heavy (non-hydrogen) atoms. The molecule has 0 bridgehead atoms. The van der Waals surface area contributed by atoms with Gasteiger partial charge in [0.1, 0.15) is 0 Å². The fraction of sp³-hybridized carbons (Fsp3) is 0. The van der Waals surface area contributed by atoms with Gasteiger partial charge in [0.05, 0.1) is 38.8 Å². The third-order valence-corrected chi connectivity index (χ3v) is 13.6. The van der Waals surface area contributed by atoms with Crippen molar-refractivity contribution < 1.29 is 0 Å². The van der Waals surface area contributed by atoms with Crippen LogP contribution in [0.15, 0.2) is 224 Å². The lowest BCUT2D eigenvalue weighted by Crippen LogP contribution is -2.03. The molecule has 3 nitrogen and oxygen atoms in total. The molecular weight excluding hydrogens is 763 g/mol. The third-order valence-electron chi connectivity index (χ3n) is 13.6. The first-order chi connectivity index (χ1) is 31.3. The smallest absolute Gasteiger partial charge is 0.0547 e. The average Bonchev–Trinajstić information content (AvgIpc) is 3.98. The maximum absolute atomic E-state index is 2.53. The second kappa shape index (κ2) is 13.1. The topological polar surface area (TPSA) is 14.8 Å². The van der Waals surface area contributed by atoms with Crippen LogP contribution >= 0.6 is 0 Å². The van der Waals surface area contributed by atoms with Gasteiger partial charge in [-0.1, -0.05) is 158 Å². The summed E-state index contributed by atoms with van der Waals surface area (Å²) in [5.74, 6) is 0. The van der Waals surface area contributed by atoms with Crippen LogP contribution in [0.25, 0.3) is 127 Å². The fourth-order valence-electron chi connectivity index (χ4n) is 11.0. The Bertz CT molecular complexity index is 3760. The molecule has 0 aliphatic heterocycles. The normalized spacial score (nSPS) is 12.1. The van der Waals surface area contributed by atoms with Crippen LogP contribution in [-0.4, -0.2) is 13.7 Å². The highest BCUT2D eigenvalue weighted by molar-refractivity contribution is 6.15. The number of para-hydroxylation sites is 4. The molecule has 0 amide bonds. The van der Waals surface area contributed by atoms with Gasteiger partial charge in [-0.05, 0) is 106 Å². The third kappa shape index (κ3) is 4.79. The van der Waals surface area contributed by atoms with Crippen molar-refractivity contribution in [1.82, 2.24) is 13.7 Å². The minimum absolute atomic E-state index is 1.14. The van der Waals surface area contributed by atoms with Crippen LogP contribution in [0.1, 0.15) is 0 Å². The molecule has 0 fully saturated rings. The van der Waals surface area contributed by atoms with Crippen molar-refractivity contribution in [3.05, 3.63) is 224 Å². The predicted molar refractivity (Wildman–Crippen MR) is 265 cm³/mol. The molecule has 1 aliphatic carbocycles. The minimum atomic E-state index is 1.14. The zero-order valence-electron chi connectivity index (χ0n) is 34.2. The summed E-state index contributed by atoms with van der Waals surface area (Å²) in [6, 6.07) is 83.0. The average molecular weight is 800 g/mol. The maximum Gasteiger partial charge on any atom is 0.0547 e. The second-order valence-corrected chi connectivity index (χ2v) is 16.8. The number of aromatic nitrogens is 3. The van der Waals surface area contributed by atoms with Gasteiger partial charge >= 0.3 is 0 Å². The number of hydrogen-bond acceptors (Lipinski definition) is 0. The molecule has 0 saturated heterocycles. The van der Waals surface area contributed by atoms with E-state index >= 15 is 0 Å². The lowest BCUT2D eigenvalue weighted by Gasteiger charge is -2.25. The number of hydrogen-bond donors (Lipinski definition) is 0. The Balaban J connectivity index is 1.11. The van der Waals surface area contributed by atoms with Crippen molar-refractivity contribution in [3.63, 3.8) is 0 Å². The quantitative estimate of drug-likeness (QED) is 0.169. The van der Waals surface area contributed by atoms with Crippen molar-refractivity contribution in [1.29, 1.82) is 0 Å². The summed E-state index contributed by atoms with van der Waals surface area (Å²) in [7, 11) is 0. The zero-order valence-corrected chi connectivity index (χ0v) is 34.2. The molecule has 1 aliphatic rings. The van der Waals surface area contributed by atoms with E-state index in [0.717, 1.165) is 28.1 Å². The second-order valence-electron chi connectivity index (χ2n) is 16.8. The monoisotopic (exact) mass is 799 g/mol. The largest absolute Gasteiger partial charge is 0.309 e. The van der Waals surface area contributed by atoms with E-state index in [2.05, 4.69) is 238 Å². The van der Waals surface area contributed by atoms with E-state index < -0.39 is 0 Å². The lowest BCUT2D eigenvalue weighted by atomic mass is 9.80. The molecule has 0 saturated carbocycles. The molecule has 292 valence electrons. The Kier molecular flexibility index (Phi) is 7.11. The van der Waals surface area contributed by atoms with Gasteiger partial charge in [-0.2, -0.15) is 0 Å². The first kappa shape index (κ1) is 34.3. The molecule has 0 N–H and O–H groups in total. The summed E-state index contributed by atoms with van der Waals surface area (Å²) in [5, 5.41) is 7.43. The summed E-state index contributed by atoms with van der Waals surface area (Å²) in [6.45, 7) is 0. The van der Waals surface area contributed by atoms with E-state index in [1.807, 2.05) is 0 Å². The molecule has 0 radical (unpaired) electrons. The van der Waals surface area contributed by atoms with Crippen molar-refractivity contribution in [2.45, 2.75) is 0 Å². The van der Waals surface area contributed by atoms with Crippen molar-refractivity contribution in [2.75, 3.05) is 0 Å². The summed E-state index contributed by atoms with van der Waals surface area (Å²) < 4.78 is 7.40. The molecular formula is C60H37N3. The molecule has 14 rings (SSSR count). The van der Waals surface area contributed by atoms with E-state index in [4.69, 9.17) is 0 Å². The van der Waals surface area contributed by atoms with E-state index in [-0.39, 0.29) is 0 Å². The SMILES string of the molecule is c1ccc2c(c1)-c1ccccc1-c1cccc(-n3c4ccc(-n5c6ccccc6c6ccccc65)cc4c4cc(-n5c6ccccc6c6ccccc65)ccc43)c1-c1ccccc1-2. The van der Waals surface area contributed by atoms with Crippen LogP contribution in [0.4, 0.5) is 0 Å². The summed E-state index contributed by atoms with van der Waals surface area (Å²) >= 11 is 0. The zero-order chi connectivity index (χ0) is 41.2. The number of rotatable bonds is 3. The van der Waals surface area contributed by atoms with Crippen LogP contribution in [0.3, 0.4) is 0 Å². The highest BCUT2D eigenvalue weighted by atomic mass is 15.0. The molecule has 13 aromatic rings. The van der Waals surface area contributed by atoms with E-state index in [0.29, 0.717) is 0 Å². The van der Waals surface area contributed by atoms with Gasteiger partial charge in [0.15, 0.2) is 0 Å². The Morgan fingerprint density at radius 2 is 0.524 bits per heavy atom. The van der Waals surface area contributed by atoms with Crippen molar-refractivity contribution in [2.24, 2.45) is 0 Å². The summed E-state index contributed by atoms with van der Waals surface area (Å²) in [5.41, 5.74) is 20.5. The van der Waals surface area contributed by atoms with Crippen LogP contribution in [0.5, 0.6) is 0 Å². The van der Waals surface area contributed by atoms with Gasteiger partial charge in [-0.25, -0.2) is 0 Å². The maximum atomic E-state index is 2.53. The van der Waals surface area contributed by atoms with Crippen molar-refractivity contribution in [3.8, 4) is 61.6 Å². The first-order valence-electron chi connectivity index (χ1n) is 21.8. The minimum Gasteiger partial charge on any atom is -0.309 e.